The molecule has 0 bridgehead atoms. The fourth-order valence-electron chi connectivity index (χ4n) is 4.30. The molecule has 3 heterocycles. The summed E-state index contributed by atoms with van der Waals surface area (Å²) >= 11 is 0. The van der Waals surface area contributed by atoms with Crippen LogP contribution in [0.25, 0.3) is 0 Å². The minimum Gasteiger partial charge on any atom is -0.438 e. The third-order valence-electron chi connectivity index (χ3n) is 6.07. The number of aliphatic imine (C=N–C) groups is 1. The van der Waals surface area contributed by atoms with Crippen molar-refractivity contribution in [1.82, 2.24) is 9.97 Å². The Balaban J connectivity index is 1.62. The zero-order chi connectivity index (χ0) is 24.0. The molecule has 0 amide bonds. The first-order valence-electron chi connectivity index (χ1n) is 11.1. The molecule has 3 N–H and O–H groups in total. The molecule has 2 aliphatic rings. The maximum atomic E-state index is 13.5. The lowest BCUT2D eigenvalue weighted by atomic mass is 9.84. The van der Waals surface area contributed by atoms with E-state index in [-0.39, 0.29) is 55.7 Å². The first-order valence-corrected chi connectivity index (χ1v) is 11.1. The summed E-state index contributed by atoms with van der Waals surface area (Å²) < 4.78 is 30.4. The molecule has 180 valence electrons. The van der Waals surface area contributed by atoms with Crippen molar-refractivity contribution in [2.75, 3.05) is 25.7 Å². The Morgan fingerprint density at radius 1 is 1.48 bits per heavy atom. The van der Waals surface area contributed by atoms with E-state index in [0.29, 0.717) is 43.5 Å². The molecule has 1 aromatic rings. The van der Waals surface area contributed by atoms with Crippen LogP contribution in [0.5, 0.6) is 0 Å². The Morgan fingerprint density at radius 3 is 2.97 bits per heavy atom. The fraction of sp³-hybridized carbons (Fsp3) is 0.652. The number of esters is 1. The van der Waals surface area contributed by atoms with Gasteiger partial charge in [-0.1, -0.05) is 19.8 Å². The van der Waals surface area contributed by atoms with Crippen LogP contribution in [0.15, 0.2) is 4.99 Å². The molecule has 1 saturated heterocycles. The van der Waals surface area contributed by atoms with Crippen molar-refractivity contribution in [3.8, 4) is 12.3 Å². The highest BCUT2D eigenvalue weighted by atomic mass is 19.1. The maximum absolute atomic E-state index is 13.5. The van der Waals surface area contributed by atoms with E-state index in [1.807, 2.05) is 0 Å². The maximum Gasteiger partial charge on any atom is 0.310 e. The number of nitrogen functional groups attached to an aromatic ring is 1. The SMILES string of the molecule is C#C[C@]1(COCOC(=O)C(C)C)O[C@@H](CC2C=Nc3c(N)nc(F)nc3CC2)C[C@@H]1CCO. The number of terminal acetylenes is 1. The van der Waals surface area contributed by atoms with Crippen molar-refractivity contribution in [2.24, 2.45) is 22.7 Å². The van der Waals surface area contributed by atoms with Crippen LogP contribution in [0.4, 0.5) is 15.9 Å². The Kier molecular flexibility index (Phi) is 8.35. The molecular formula is C23H31FN4O5. The van der Waals surface area contributed by atoms with Crippen molar-refractivity contribution in [3.63, 3.8) is 0 Å². The molecule has 1 aromatic heterocycles. The lowest BCUT2D eigenvalue weighted by Crippen LogP contribution is -2.40. The quantitative estimate of drug-likeness (QED) is 0.188. The number of carbonyl (C=O) groups is 1. The van der Waals surface area contributed by atoms with Gasteiger partial charge in [-0.3, -0.25) is 9.79 Å². The van der Waals surface area contributed by atoms with Crippen molar-refractivity contribution >= 4 is 23.7 Å². The molecule has 0 aromatic carbocycles. The highest BCUT2D eigenvalue weighted by Crippen LogP contribution is 2.41. The Hall–Kier alpha value is -2.61. The fourth-order valence-corrected chi connectivity index (χ4v) is 4.30. The number of hydrogen-bond acceptors (Lipinski definition) is 9. The van der Waals surface area contributed by atoms with Gasteiger partial charge >= 0.3 is 12.0 Å². The van der Waals surface area contributed by atoms with Crippen LogP contribution in [-0.2, 0) is 25.4 Å². The first-order chi connectivity index (χ1) is 15.8. The van der Waals surface area contributed by atoms with E-state index in [9.17, 15) is 14.3 Å². The number of anilines is 1. The summed E-state index contributed by atoms with van der Waals surface area (Å²) in [6, 6.07) is 0. The molecule has 2 aliphatic heterocycles. The summed E-state index contributed by atoms with van der Waals surface area (Å²) in [7, 11) is 0. The lowest BCUT2D eigenvalue weighted by molar-refractivity contribution is -0.167. The third-order valence-corrected chi connectivity index (χ3v) is 6.07. The van der Waals surface area contributed by atoms with Crippen LogP contribution in [0.2, 0.25) is 0 Å². The van der Waals surface area contributed by atoms with Gasteiger partial charge in [-0.05, 0) is 38.0 Å². The van der Waals surface area contributed by atoms with Crippen LogP contribution in [0, 0.1) is 36.2 Å². The van der Waals surface area contributed by atoms with E-state index in [2.05, 4.69) is 20.9 Å². The zero-order valence-electron chi connectivity index (χ0n) is 19.0. The number of fused-ring (bicyclic) bond motifs is 1. The van der Waals surface area contributed by atoms with E-state index < -0.39 is 11.7 Å². The Labute approximate surface area is 192 Å². The third kappa shape index (κ3) is 6.05. The van der Waals surface area contributed by atoms with Gasteiger partial charge in [0.1, 0.15) is 5.69 Å². The van der Waals surface area contributed by atoms with Gasteiger partial charge < -0.3 is 25.1 Å². The van der Waals surface area contributed by atoms with Crippen LogP contribution in [-0.4, -0.2) is 59.0 Å². The van der Waals surface area contributed by atoms with Crippen LogP contribution in [0.3, 0.4) is 0 Å². The summed E-state index contributed by atoms with van der Waals surface area (Å²) in [5.41, 5.74) is 5.67. The molecule has 0 radical (unpaired) electrons. The number of halogens is 1. The van der Waals surface area contributed by atoms with Gasteiger partial charge in [-0.25, -0.2) is 4.98 Å². The average molecular weight is 463 g/mol. The molecule has 3 rings (SSSR count). The topological polar surface area (TPSA) is 129 Å². The second-order valence-electron chi connectivity index (χ2n) is 8.79. The largest absolute Gasteiger partial charge is 0.438 e. The van der Waals surface area contributed by atoms with Gasteiger partial charge in [0, 0.05) is 18.7 Å². The van der Waals surface area contributed by atoms with Gasteiger partial charge in [-0.2, -0.15) is 9.37 Å². The number of aryl methyl sites for hydroxylation is 1. The van der Waals surface area contributed by atoms with Crippen molar-refractivity contribution in [1.29, 1.82) is 0 Å². The molecule has 33 heavy (non-hydrogen) atoms. The van der Waals surface area contributed by atoms with E-state index in [1.54, 1.807) is 20.1 Å². The summed E-state index contributed by atoms with van der Waals surface area (Å²) in [6.45, 7) is 3.27. The van der Waals surface area contributed by atoms with Crippen LogP contribution in [0.1, 0.15) is 45.2 Å². The predicted molar refractivity (Wildman–Crippen MR) is 119 cm³/mol. The minimum atomic E-state index is -1.03. The number of carbonyl (C=O) groups excluding carboxylic acids is 1. The van der Waals surface area contributed by atoms with Gasteiger partial charge in [0.05, 0.1) is 24.3 Å². The van der Waals surface area contributed by atoms with Gasteiger partial charge in [0.2, 0.25) is 0 Å². The molecule has 9 nitrogen and oxygen atoms in total. The van der Waals surface area contributed by atoms with E-state index >= 15 is 0 Å². The highest BCUT2D eigenvalue weighted by Gasteiger charge is 2.47. The van der Waals surface area contributed by atoms with Crippen LogP contribution >= 0.6 is 0 Å². The first kappa shape index (κ1) is 25.0. The standard InChI is InChI=1S/C23H31FN4O5/c1-4-23(12-31-13-32-21(30)14(2)3)16(7-8-29)10-17(33-23)9-15-5-6-18-19(26-11-15)20(25)28-22(24)27-18/h1,11,14-17,29H,5-10,12-13H2,2-3H3,(H2,25,27,28)/t15?,16-,17-,23+/m0/s1. The molecule has 0 spiro atoms. The van der Waals surface area contributed by atoms with E-state index in [4.69, 9.17) is 26.4 Å². The monoisotopic (exact) mass is 462 g/mol. The number of hydrogen-bond donors (Lipinski definition) is 2. The van der Waals surface area contributed by atoms with Gasteiger partial charge in [0.15, 0.2) is 18.2 Å². The van der Waals surface area contributed by atoms with Crippen molar-refractivity contribution < 1.29 is 28.5 Å². The number of aliphatic hydroxyl groups excluding tert-OH is 1. The Bertz CT molecular complexity index is 919. The lowest BCUT2D eigenvalue weighted by Gasteiger charge is -2.29. The number of aromatic nitrogens is 2. The summed E-state index contributed by atoms with van der Waals surface area (Å²) in [5.74, 6) is 2.06. The second-order valence-corrected chi connectivity index (χ2v) is 8.79. The molecule has 1 fully saturated rings. The number of nitrogens with two attached hydrogens (primary N) is 1. The zero-order valence-corrected chi connectivity index (χ0v) is 19.0. The van der Waals surface area contributed by atoms with Crippen LogP contribution < -0.4 is 5.73 Å². The smallest absolute Gasteiger partial charge is 0.310 e. The molecule has 4 atom stereocenters. The summed E-state index contributed by atoms with van der Waals surface area (Å²) in [4.78, 5) is 23.4. The molecule has 0 aliphatic carbocycles. The van der Waals surface area contributed by atoms with Crippen molar-refractivity contribution in [2.45, 2.75) is 57.7 Å². The minimum absolute atomic E-state index is 0.0243. The van der Waals surface area contributed by atoms with Gasteiger partial charge in [-0.15, -0.1) is 6.42 Å². The van der Waals surface area contributed by atoms with Gasteiger partial charge in [0.25, 0.3) is 0 Å². The summed E-state index contributed by atoms with van der Waals surface area (Å²) in [6.07, 6.45) is 9.56. The number of aliphatic hydroxyl groups is 1. The molecule has 1 unspecified atom stereocenters. The van der Waals surface area contributed by atoms with E-state index in [0.717, 1.165) is 0 Å². The van der Waals surface area contributed by atoms with E-state index in [1.165, 1.54) is 0 Å². The number of ether oxygens (including phenoxy) is 3. The molecule has 10 heteroatoms. The summed E-state index contributed by atoms with van der Waals surface area (Å²) in [5, 5.41) is 9.54. The second kappa shape index (κ2) is 11.0. The molecule has 0 saturated carbocycles. The number of rotatable bonds is 9. The number of nitrogens with zero attached hydrogens (tertiary/aromatic N) is 3. The highest BCUT2D eigenvalue weighted by molar-refractivity contribution is 5.73. The molecular weight excluding hydrogens is 431 g/mol. The van der Waals surface area contributed by atoms with Crippen molar-refractivity contribution in [3.05, 3.63) is 11.8 Å². The average Bonchev–Trinajstić information content (AvgIpc) is 2.97. The Morgan fingerprint density at radius 2 is 2.27 bits per heavy atom. The predicted octanol–water partition coefficient (Wildman–Crippen LogP) is 2.19. The normalized spacial score (nSPS) is 26.6.